The van der Waals surface area contributed by atoms with Crippen LogP contribution in [0.3, 0.4) is 0 Å². The summed E-state index contributed by atoms with van der Waals surface area (Å²) in [5.74, 6) is -0.825. The average Bonchev–Trinajstić information content (AvgIpc) is 2.30. The molecule has 0 aliphatic rings. The molecule has 0 aromatic carbocycles. The Hall–Kier alpha value is -1.43. The molecule has 0 aliphatic carbocycles. The zero-order valence-corrected chi connectivity index (χ0v) is 10.4. The summed E-state index contributed by atoms with van der Waals surface area (Å²) in [6.45, 7) is 1.83. The lowest BCUT2D eigenvalue weighted by molar-refractivity contribution is -0.142. The van der Waals surface area contributed by atoms with Crippen LogP contribution < -0.4 is 5.56 Å². The standard InChI is InChI=1S/C11H12ClF2NO3/c1-2-18-8(16)3-6-5-15-11(17)9(10(13)14)7(6)4-12/h5,10H,2-4H2,1H3,(H,15,17). The van der Waals surface area contributed by atoms with E-state index in [1.165, 1.54) is 6.20 Å². The summed E-state index contributed by atoms with van der Waals surface area (Å²) in [7, 11) is 0. The molecule has 0 saturated carbocycles. The number of alkyl halides is 3. The van der Waals surface area contributed by atoms with Crippen molar-refractivity contribution in [1.29, 1.82) is 0 Å². The predicted molar refractivity (Wildman–Crippen MR) is 61.9 cm³/mol. The molecular formula is C11H12ClF2NO3. The van der Waals surface area contributed by atoms with Crippen LogP contribution in [0.15, 0.2) is 11.0 Å². The number of nitrogens with one attached hydrogen (secondary N) is 1. The maximum atomic E-state index is 12.7. The van der Waals surface area contributed by atoms with E-state index in [2.05, 4.69) is 4.98 Å². The Morgan fingerprint density at radius 1 is 1.56 bits per heavy atom. The number of aromatic amines is 1. The highest BCUT2D eigenvalue weighted by Crippen LogP contribution is 2.23. The van der Waals surface area contributed by atoms with Gasteiger partial charge in [-0.2, -0.15) is 0 Å². The largest absolute Gasteiger partial charge is 0.466 e. The number of halogens is 3. The molecule has 1 heterocycles. The van der Waals surface area contributed by atoms with Gasteiger partial charge in [0.1, 0.15) is 0 Å². The molecule has 0 radical (unpaired) electrons. The molecule has 1 aromatic rings. The van der Waals surface area contributed by atoms with Gasteiger partial charge in [-0.25, -0.2) is 8.78 Å². The summed E-state index contributed by atoms with van der Waals surface area (Å²) < 4.78 is 30.2. The van der Waals surface area contributed by atoms with Gasteiger partial charge in [-0.05, 0) is 18.1 Å². The number of pyridine rings is 1. The summed E-state index contributed by atoms with van der Waals surface area (Å²) in [4.78, 5) is 24.8. The summed E-state index contributed by atoms with van der Waals surface area (Å²) in [5.41, 5.74) is -1.35. The van der Waals surface area contributed by atoms with Crippen molar-refractivity contribution in [3.63, 3.8) is 0 Å². The van der Waals surface area contributed by atoms with Crippen molar-refractivity contribution in [3.05, 3.63) is 33.2 Å². The fourth-order valence-corrected chi connectivity index (χ4v) is 1.86. The second-order valence-corrected chi connectivity index (χ2v) is 3.72. The third-order valence-corrected chi connectivity index (χ3v) is 2.59. The van der Waals surface area contributed by atoms with E-state index in [0.717, 1.165) is 0 Å². The molecule has 18 heavy (non-hydrogen) atoms. The number of carbonyl (C=O) groups excluding carboxylic acids is 1. The number of carbonyl (C=O) groups is 1. The second kappa shape index (κ2) is 6.49. The van der Waals surface area contributed by atoms with Gasteiger partial charge in [-0.3, -0.25) is 9.59 Å². The van der Waals surface area contributed by atoms with Crippen molar-refractivity contribution >= 4 is 17.6 Å². The Balaban J connectivity index is 3.17. The van der Waals surface area contributed by atoms with Gasteiger partial charge in [-0.1, -0.05) is 0 Å². The smallest absolute Gasteiger partial charge is 0.310 e. The van der Waals surface area contributed by atoms with Gasteiger partial charge in [-0.15, -0.1) is 11.6 Å². The van der Waals surface area contributed by atoms with Gasteiger partial charge in [0.15, 0.2) is 0 Å². The van der Waals surface area contributed by atoms with E-state index < -0.39 is 23.5 Å². The number of esters is 1. The van der Waals surface area contributed by atoms with Gasteiger partial charge in [0.2, 0.25) is 0 Å². The Morgan fingerprint density at radius 3 is 2.72 bits per heavy atom. The van der Waals surface area contributed by atoms with Crippen molar-refractivity contribution in [1.82, 2.24) is 4.98 Å². The summed E-state index contributed by atoms with van der Waals surface area (Å²) in [5, 5.41) is 0. The number of H-pyrrole nitrogens is 1. The highest BCUT2D eigenvalue weighted by Gasteiger charge is 2.21. The number of hydrogen-bond acceptors (Lipinski definition) is 3. The summed E-state index contributed by atoms with van der Waals surface area (Å²) in [6.07, 6.45) is -1.93. The van der Waals surface area contributed by atoms with Crippen LogP contribution >= 0.6 is 11.6 Å². The van der Waals surface area contributed by atoms with Crippen LogP contribution in [0.1, 0.15) is 30.0 Å². The zero-order valence-electron chi connectivity index (χ0n) is 9.63. The molecule has 0 unspecified atom stereocenters. The summed E-state index contributed by atoms with van der Waals surface area (Å²) in [6, 6.07) is 0. The van der Waals surface area contributed by atoms with Gasteiger partial charge in [0.05, 0.1) is 18.6 Å². The Kier molecular flexibility index (Phi) is 5.27. The second-order valence-electron chi connectivity index (χ2n) is 3.45. The van der Waals surface area contributed by atoms with Gasteiger partial charge < -0.3 is 9.72 Å². The van der Waals surface area contributed by atoms with Crippen molar-refractivity contribution in [3.8, 4) is 0 Å². The third kappa shape index (κ3) is 3.29. The van der Waals surface area contributed by atoms with Crippen molar-refractivity contribution in [2.45, 2.75) is 25.7 Å². The molecule has 0 amide bonds. The first kappa shape index (κ1) is 14.6. The van der Waals surface area contributed by atoms with Crippen LogP contribution in [0.4, 0.5) is 8.78 Å². The van der Waals surface area contributed by atoms with E-state index >= 15 is 0 Å². The van der Waals surface area contributed by atoms with Gasteiger partial charge in [0, 0.05) is 12.1 Å². The lowest BCUT2D eigenvalue weighted by Gasteiger charge is -2.10. The monoisotopic (exact) mass is 279 g/mol. The minimum absolute atomic E-state index is 0.0107. The fourth-order valence-electron chi connectivity index (χ4n) is 1.54. The first-order chi connectivity index (χ1) is 8.51. The number of ether oxygens (including phenoxy) is 1. The van der Waals surface area contributed by atoms with Crippen molar-refractivity contribution in [2.24, 2.45) is 0 Å². The lowest BCUT2D eigenvalue weighted by atomic mass is 10.0. The minimum Gasteiger partial charge on any atom is -0.466 e. The molecule has 1 rings (SSSR count). The first-order valence-electron chi connectivity index (χ1n) is 5.24. The highest BCUT2D eigenvalue weighted by molar-refractivity contribution is 6.17. The highest BCUT2D eigenvalue weighted by atomic mass is 35.5. The van der Waals surface area contributed by atoms with E-state index in [1.807, 2.05) is 0 Å². The van der Waals surface area contributed by atoms with E-state index in [4.69, 9.17) is 16.3 Å². The summed E-state index contributed by atoms with van der Waals surface area (Å²) >= 11 is 5.58. The molecule has 0 atom stereocenters. The normalized spacial score (nSPS) is 10.7. The van der Waals surface area contributed by atoms with Crippen LogP contribution in [0.5, 0.6) is 0 Å². The Morgan fingerprint density at radius 2 is 2.22 bits per heavy atom. The van der Waals surface area contributed by atoms with Crippen molar-refractivity contribution < 1.29 is 18.3 Å². The van der Waals surface area contributed by atoms with Crippen molar-refractivity contribution in [2.75, 3.05) is 6.61 Å². The Labute approximate surface area is 107 Å². The van der Waals surface area contributed by atoms with E-state index in [-0.39, 0.29) is 30.0 Å². The van der Waals surface area contributed by atoms with E-state index in [1.54, 1.807) is 6.92 Å². The van der Waals surface area contributed by atoms with Gasteiger partial charge >= 0.3 is 5.97 Å². The number of rotatable bonds is 5. The van der Waals surface area contributed by atoms with Crippen LogP contribution in [0, 0.1) is 0 Å². The molecule has 0 bridgehead atoms. The fraction of sp³-hybridized carbons (Fsp3) is 0.455. The zero-order chi connectivity index (χ0) is 13.7. The number of hydrogen-bond donors (Lipinski definition) is 1. The third-order valence-electron chi connectivity index (χ3n) is 2.33. The molecule has 0 fully saturated rings. The van der Waals surface area contributed by atoms with E-state index in [9.17, 15) is 18.4 Å². The number of aromatic nitrogens is 1. The quantitative estimate of drug-likeness (QED) is 0.664. The van der Waals surface area contributed by atoms with Crippen LogP contribution in [0.25, 0.3) is 0 Å². The Bertz CT molecular complexity index is 488. The molecule has 100 valence electrons. The molecule has 4 nitrogen and oxygen atoms in total. The average molecular weight is 280 g/mol. The molecule has 0 saturated heterocycles. The molecule has 0 spiro atoms. The maximum absolute atomic E-state index is 12.7. The predicted octanol–water partition coefficient (Wildman–Crippen LogP) is 2.16. The molecule has 0 aliphatic heterocycles. The molecular weight excluding hydrogens is 268 g/mol. The molecule has 1 aromatic heterocycles. The maximum Gasteiger partial charge on any atom is 0.310 e. The SMILES string of the molecule is CCOC(=O)Cc1c[nH]c(=O)c(C(F)F)c1CCl. The molecule has 1 N–H and O–H groups in total. The lowest BCUT2D eigenvalue weighted by Crippen LogP contribution is -2.19. The van der Waals surface area contributed by atoms with Crippen LogP contribution in [-0.2, 0) is 21.8 Å². The van der Waals surface area contributed by atoms with Gasteiger partial charge in [0.25, 0.3) is 12.0 Å². The topological polar surface area (TPSA) is 59.2 Å². The molecule has 7 heteroatoms. The van der Waals surface area contributed by atoms with E-state index in [0.29, 0.717) is 0 Å². The minimum atomic E-state index is -2.94. The van der Waals surface area contributed by atoms with Crippen LogP contribution in [0.2, 0.25) is 0 Å². The first-order valence-corrected chi connectivity index (χ1v) is 5.77. The van der Waals surface area contributed by atoms with Crippen LogP contribution in [-0.4, -0.2) is 17.6 Å².